The van der Waals surface area contributed by atoms with Gasteiger partial charge in [0.1, 0.15) is 11.6 Å². The number of likely N-dealkylation sites (N-methyl/N-ethyl adjacent to an activating group) is 1. The monoisotopic (exact) mass is 455 g/mol. The second-order valence-corrected chi connectivity index (χ2v) is 9.67. The number of aryl methyl sites for hydroxylation is 1. The number of allylic oxidation sites excluding steroid dienone is 1. The summed E-state index contributed by atoms with van der Waals surface area (Å²) in [5.74, 6) is 1.12. The van der Waals surface area contributed by atoms with Gasteiger partial charge >= 0.3 is 0 Å². The molecule has 33 heavy (non-hydrogen) atoms. The molecule has 2 aliphatic heterocycles. The molecule has 1 saturated heterocycles. The van der Waals surface area contributed by atoms with Gasteiger partial charge in [-0.1, -0.05) is 13.3 Å². The first-order chi connectivity index (χ1) is 15.9. The molecule has 7 nitrogen and oxygen atoms in total. The predicted molar refractivity (Wildman–Crippen MR) is 133 cm³/mol. The number of aliphatic imine (C=N–C) groups is 1. The third kappa shape index (κ3) is 5.45. The van der Waals surface area contributed by atoms with Gasteiger partial charge in [-0.2, -0.15) is 0 Å². The van der Waals surface area contributed by atoms with E-state index in [9.17, 15) is 4.39 Å². The first kappa shape index (κ1) is 23.9. The third-order valence-electron chi connectivity index (χ3n) is 6.82. The Morgan fingerprint density at radius 2 is 2.00 bits per heavy atom. The summed E-state index contributed by atoms with van der Waals surface area (Å²) in [4.78, 5) is 11.7. The van der Waals surface area contributed by atoms with E-state index in [0.29, 0.717) is 23.5 Å². The number of rotatable bonds is 2. The average molecular weight is 456 g/mol. The summed E-state index contributed by atoms with van der Waals surface area (Å²) in [6.45, 7) is 8.13. The molecule has 0 spiro atoms. The SMILES string of the molecule is CCCC1CN(C)CC2CC(CN2)NN(C)/C=C\C(=NC)c2cc(F)cc3nc(C)n(c23)C1. The van der Waals surface area contributed by atoms with Gasteiger partial charge in [0.25, 0.3) is 0 Å². The van der Waals surface area contributed by atoms with Gasteiger partial charge in [-0.15, -0.1) is 0 Å². The summed E-state index contributed by atoms with van der Waals surface area (Å²) in [7, 11) is 5.98. The van der Waals surface area contributed by atoms with Gasteiger partial charge in [-0.3, -0.25) is 4.99 Å². The molecule has 2 aliphatic rings. The number of hydrogen-bond donors (Lipinski definition) is 2. The van der Waals surface area contributed by atoms with Crippen LogP contribution in [0.2, 0.25) is 0 Å². The van der Waals surface area contributed by atoms with E-state index < -0.39 is 0 Å². The maximum Gasteiger partial charge on any atom is 0.126 e. The van der Waals surface area contributed by atoms with Crippen molar-refractivity contribution in [3.63, 3.8) is 0 Å². The number of halogens is 1. The van der Waals surface area contributed by atoms with Crippen LogP contribution in [0.3, 0.4) is 0 Å². The van der Waals surface area contributed by atoms with Crippen molar-refractivity contribution in [1.82, 2.24) is 30.2 Å². The highest BCUT2D eigenvalue weighted by atomic mass is 19.1. The van der Waals surface area contributed by atoms with Crippen LogP contribution >= 0.6 is 0 Å². The Morgan fingerprint density at radius 3 is 2.76 bits per heavy atom. The number of imidazole rings is 1. The lowest BCUT2D eigenvalue weighted by Crippen LogP contribution is -2.40. The van der Waals surface area contributed by atoms with Crippen molar-refractivity contribution in [2.24, 2.45) is 10.9 Å². The standard InChI is InChI=1S/C25H38FN7/c1-6-7-18-14-31(4)16-21-12-20(13-28-21)30-32(5)9-8-23(27-3)22-10-19(26)11-24-25(22)33(15-18)17(2)29-24/h8-11,18,20-21,28,30H,6-7,12-16H2,1-5H3/b9-8-,27-23?. The van der Waals surface area contributed by atoms with E-state index in [1.165, 1.54) is 6.07 Å². The Bertz CT molecular complexity index is 1030. The van der Waals surface area contributed by atoms with Gasteiger partial charge < -0.3 is 19.8 Å². The molecule has 8 heteroatoms. The molecule has 180 valence electrons. The van der Waals surface area contributed by atoms with Crippen LogP contribution in [0.1, 0.15) is 37.6 Å². The van der Waals surface area contributed by atoms with Crippen LogP contribution in [-0.4, -0.2) is 78.0 Å². The summed E-state index contributed by atoms with van der Waals surface area (Å²) in [6.07, 6.45) is 7.29. The maximum absolute atomic E-state index is 14.6. The van der Waals surface area contributed by atoms with Crippen molar-refractivity contribution < 1.29 is 4.39 Å². The fourth-order valence-corrected chi connectivity index (χ4v) is 5.42. The zero-order chi connectivity index (χ0) is 23.5. The van der Waals surface area contributed by atoms with Crippen LogP contribution < -0.4 is 10.7 Å². The average Bonchev–Trinajstić information content (AvgIpc) is 3.31. The van der Waals surface area contributed by atoms with E-state index in [4.69, 9.17) is 4.98 Å². The molecule has 1 aromatic carbocycles. The summed E-state index contributed by atoms with van der Waals surface area (Å²) in [5.41, 5.74) is 6.74. The van der Waals surface area contributed by atoms with Gasteiger partial charge in [-0.25, -0.2) is 14.8 Å². The quantitative estimate of drug-likeness (QED) is 0.729. The zero-order valence-corrected chi connectivity index (χ0v) is 20.6. The topological polar surface area (TPSA) is 60.7 Å². The number of nitrogens with one attached hydrogen (secondary N) is 2. The van der Waals surface area contributed by atoms with Gasteiger partial charge in [0.05, 0.1) is 16.7 Å². The largest absolute Gasteiger partial charge is 0.327 e. The Labute approximate surface area is 196 Å². The second-order valence-electron chi connectivity index (χ2n) is 9.67. The molecule has 4 rings (SSSR count). The molecule has 1 aromatic heterocycles. The summed E-state index contributed by atoms with van der Waals surface area (Å²) in [5, 5.41) is 5.65. The highest BCUT2D eigenvalue weighted by Gasteiger charge is 2.27. The molecule has 2 aromatic rings. The van der Waals surface area contributed by atoms with Crippen LogP contribution in [0, 0.1) is 18.7 Å². The lowest BCUT2D eigenvalue weighted by molar-refractivity contribution is 0.228. The highest BCUT2D eigenvalue weighted by molar-refractivity contribution is 6.15. The van der Waals surface area contributed by atoms with E-state index in [-0.39, 0.29) is 5.82 Å². The number of hydrazine groups is 1. The Balaban J connectivity index is 1.80. The molecule has 3 atom stereocenters. The van der Waals surface area contributed by atoms with Gasteiger partial charge in [0.15, 0.2) is 0 Å². The van der Waals surface area contributed by atoms with Crippen molar-refractivity contribution in [2.45, 2.75) is 51.7 Å². The fraction of sp³-hybridized carbons (Fsp3) is 0.600. The first-order valence-corrected chi connectivity index (χ1v) is 12.1. The van der Waals surface area contributed by atoms with Crippen molar-refractivity contribution >= 4 is 16.7 Å². The van der Waals surface area contributed by atoms with Gasteiger partial charge in [0.2, 0.25) is 0 Å². The minimum Gasteiger partial charge on any atom is -0.327 e. The molecule has 3 unspecified atom stereocenters. The maximum atomic E-state index is 14.6. The fourth-order valence-electron chi connectivity index (χ4n) is 5.42. The number of nitrogens with zero attached hydrogens (tertiary/aromatic N) is 5. The van der Waals surface area contributed by atoms with E-state index in [2.05, 4.69) is 39.2 Å². The lowest BCUT2D eigenvalue weighted by Gasteiger charge is -2.27. The lowest BCUT2D eigenvalue weighted by atomic mass is 10.0. The molecule has 3 heterocycles. The zero-order valence-electron chi connectivity index (χ0n) is 20.6. The minimum absolute atomic E-state index is 0.287. The van der Waals surface area contributed by atoms with E-state index in [1.54, 1.807) is 13.1 Å². The highest BCUT2D eigenvalue weighted by Crippen LogP contribution is 2.26. The van der Waals surface area contributed by atoms with Crippen molar-refractivity contribution in [3.8, 4) is 0 Å². The Hall–Kier alpha value is -2.29. The molecule has 0 amide bonds. The summed E-state index contributed by atoms with van der Waals surface area (Å²) >= 11 is 0. The second kappa shape index (κ2) is 10.3. The number of benzene rings is 1. The predicted octanol–water partition coefficient (Wildman–Crippen LogP) is 2.95. The van der Waals surface area contributed by atoms with Crippen LogP contribution in [0.4, 0.5) is 4.39 Å². The molecule has 0 aliphatic carbocycles. The number of fused-ring (bicyclic) bond motifs is 2. The molecule has 0 saturated carbocycles. The molecule has 0 radical (unpaired) electrons. The van der Waals surface area contributed by atoms with Crippen molar-refractivity contribution in [3.05, 3.63) is 41.6 Å². The molecular formula is C25H38FN7. The number of aromatic nitrogens is 2. The van der Waals surface area contributed by atoms with E-state index in [1.807, 2.05) is 31.3 Å². The van der Waals surface area contributed by atoms with Crippen LogP contribution in [-0.2, 0) is 6.54 Å². The summed E-state index contributed by atoms with van der Waals surface area (Å²) in [6, 6.07) is 3.99. The molecular weight excluding hydrogens is 417 g/mol. The normalized spacial score (nSPS) is 27.5. The smallest absolute Gasteiger partial charge is 0.126 e. The van der Waals surface area contributed by atoms with Gasteiger partial charge in [0, 0.05) is 70.2 Å². The van der Waals surface area contributed by atoms with E-state index in [0.717, 1.165) is 68.1 Å². The van der Waals surface area contributed by atoms with Crippen LogP contribution in [0.15, 0.2) is 29.4 Å². The van der Waals surface area contributed by atoms with Crippen LogP contribution in [0.5, 0.6) is 0 Å². The Morgan fingerprint density at radius 1 is 1.18 bits per heavy atom. The summed E-state index contributed by atoms with van der Waals surface area (Å²) < 4.78 is 16.9. The molecule has 1 fully saturated rings. The molecule has 2 N–H and O–H groups in total. The first-order valence-electron chi connectivity index (χ1n) is 12.1. The van der Waals surface area contributed by atoms with Gasteiger partial charge in [-0.05, 0) is 44.9 Å². The number of hydrogen-bond acceptors (Lipinski definition) is 6. The third-order valence-corrected chi connectivity index (χ3v) is 6.82. The van der Waals surface area contributed by atoms with Crippen molar-refractivity contribution in [1.29, 1.82) is 0 Å². The van der Waals surface area contributed by atoms with Crippen molar-refractivity contribution in [2.75, 3.05) is 40.8 Å². The minimum atomic E-state index is -0.287. The Kier molecular flexibility index (Phi) is 7.46. The van der Waals surface area contributed by atoms with E-state index >= 15 is 0 Å². The van der Waals surface area contributed by atoms with Crippen LogP contribution in [0.25, 0.3) is 11.0 Å². The molecule has 2 bridgehead atoms.